The zero-order valence-electron chi connectivity index (χ0n) is 8.63. The van der Waals surface area contributed by atoms with E-state index < -0.39 is 17.8 Å². The van der Waals surface area contributed by atoms with E-state index in [4.69, 9.17) is 16.6 Å². The second-order valence-corrected chi connectivity index (χ2v) is 2.39. The number of allylic oxidation sites excluding steroid dienone is 2. The molecule has 0 aromatic rings. The summed E-state index contributed by atoms with van der Waals surface area (Å²) < 4.78 is 0. The molecule has 6 heteroatoms. The predicted molar refractivity (Wildman–Crippen MR) is 59.1 cm³/mol. The Morgan fingerprint density at radius 3 is 1.56 bits per heavy atom. The smallest absolute Gasteiger partial charge is 0.327 e. The van der Waals surface area contributed by atoms with Gasteiger partial charge in [-0.2, -0.15) is 0 Å². The van der Waals surface area contributed by atoms with Gasteiger partial charge in [-0.05, 0) is 18.6 Å². The molecule has 0 aliphatic rings. The Hall–Kier alpha value is -2.37. The summed E-state index contributed by atoms with van der Waals surface area (Å²) in [7, 11) is 0. The van der Waals surface area contributed by atoms with E-state index in [1.165, 1.54) is 12.2 Å². The highest BCUT2D eigenvalue weighted by atomic mass is 16.4. The molecule has 0 aliphatic heterocycles. The van der Waals surface area contributed by atoms with Crippen LogP contribution in [0, 0.1) is 0 Å². The molecule has 6 nitrogen and oxygen atoms in total. The van der Waals surface area contributed by atoms with Crippen LogP contribution < -0.4 is 11.5 Å². The molecule has 0 rings (SSSR count). The zero-order valence-corrected chi connectivity index (χ0v) is 8.63. The van der Waals surface area contributed by atoms with Crippen molar-refractivity contribution in [3.8, 4) is 0 Å². The highest BCUT2D eigenvalue weighted by molar-refractivity contribution is 5.86. The van der Waals surface area contributed by atoms with Crippen LogP contribution in [0.3, 0.4) is 0 Å². The van der Waals surface area contributed by atoms with Crippen molar-refractivity contribution in [2.45, 2.75) is 6.42 Å². The number of amides is 2. The number of hydrogen-bond acceptors (Lipinski definition) is 3. The first-order valence-corrected chi connectivity index (χ1v) is 4.17. The van der Waals surface area contributed by atoms with Gasteiger partial charge in [0.2, 0.25) is 11.8 Å². The van der Waals surface area contributed by atoms with Gasteiger partial charge in [-0.15, -0.1) is 0 Å². The Morgan fingerprint density at radius 2 is 1.38 bits per heavy atom. The summed E-state index contributed by atoms with van der Waals surface area (Å²) in [6, 6.07) is 0. The Bertz CT molecular complexity index is 297. The summed E-state index contributed by atoms with van der Waals surface area (Å²) in [5, 5.41) is 7.60. The second kappa shape index (κ2) is 10.7. The Morgan fingerprint density at radius 1 is 1.06 bits per heavy atom. The highest BCUT2D eigenvalue weighted by Gasteiger charge is 1.81. The van der Waals surface area contributed by atoms with Gasteiger partial charge in [-0.3, -0.25) is 9.59 Å². The Kier molecular flexibility index (Phi) is 10.8. The monoisotopic (exact) mass is 226 g/mol. The molecular formula is C10H14N2O4. The second-order valence-electron chi connectivity index (χ2n) is 2.39. The summed E-state index contributed by atoms with van der Waals surface area (Å²) in [6.07, 6.45) is 6.85. The Labute approximate surface area is 92.9 Å². The fraction of sp³-hybridized carbons (Fsp3) is 0.100. The molecule has 16 heavy (non-hydrogen) atoms. The maximum Gasteiger partial charge on any atom is 0.327 e. The van der Waals surface area contributed by atoms with Crippen LogP contribution in [-0.4, -0.2) is 22.9 Å². The third-order valence-electron chi connectivity index (χ3n) is 1.01. The third-order valence-corrected chi connectivity index (χ3v) is 1.01. The molecule has 0 aromatic carbocycles. The number of aliphatic carboxylic acids is 1. The minimum atomic E-state index is -0.981. The van der Waals surface area contributed by atoms with Crippen LogP contribution in [0.25, 0.3) is 0 Å². The van der Waals surface area contributed by atoms with E-state index in [1.54, 1.807) is 12.2 Å². The molecule has 0 saturated heterocycles. The van der Waals surface area contributed by atoms with Gasteiger partial charge in [-0.25, -0.2) is 4.79 Å². The van der Waals surface area contributed by atoms with Crippen molar-refractivity contribution < 1.29 is 19.5 Å². The fourth-order valence-corrected chi connectivity index (χ4v) is 0.447. The lowest BCUT2D eigenvalue weighted by Gasteiger charge is -1.80. The molecule has 0 heterocycles. The first kappa shape index (κ1) is 16.1. The topological polar surface area (TPSA) is 123 Å². The molecule has 0 atom stereocenters. The van der Waals surface area contributed by atoms with Gasteiger partial charge < -0.3 is 16.6 Å². The fourth-order valence-electron chi connectivity index (χ4n) is 0.447. The summed E-state index contributed by atoms with van der Waals surface area (Å²) in [4.78, 5) is 29.5. The lowest BCUT2D eigenvalue weighted by molar-refractivity contribution is -0.131. The van der Waals surface area contributed by atoms with Gasteiger partial charge in [0, 0.05) is 6.08 Å². The zero-order chi connectivity index (χ0) is 13.0. The predicted octanol–water partition coefficient (Wildman–Crippen LogP) is -0.283. The van der Waals surface area contributed by atoms with E-state index in [2.05, 4.69) is 6.58 Å². The van der Waals surface area contributed by atoms with Crippen LogP contribution in [0.4, 0.5) is 0 Å². The summed E-state index contributed by atoms with van der Waals surface area (Å²) in [5.41, 5.74) is 9.59. The van der Waals surface area contributed by atoms with Crippen LogP contribution in [0.2, 0.25) is 0 Å². The van der Waals surface area contributed by atoms with Crippen molar-refractivity contribution in [2.75, 3.05) is 0 Å². The molecule has 0 fully saturated rings. The van der Waals surface area contributed by atoms with Crippen molar-refractivity contribution in [1.29, 1.82) is 0 Å². The number of carboxylic acids is 1. The maximum absolute atomic E-state index is 10.1. The molecule has 0 radical (unpaired) electrons. The number of carbonyl (C=O) groups is 3. The van der Waals surface area contributed by atoms with Crippen LogP contribution in [-0.2, 0) is 14.4 Å². The molecule has 0 bridgehead atoms. The van der Waals surface area contributed by atoms with Crippen molar-refractivity contribution >= 4 is 17.8 Å². The Balaban J connectivity index is 0. The van der Waals surface area contributed by atoms with Gasteiger partial charge in [0.15, 0.2) is 0 Å². The standard InChI is InChI=1S/C7H10N2O2.C3H4O2/c8-6(10)4-2-1-3-5-7(9)11;1-2-3(4)5/h2-5H,1H2,(H2,8,10)(H2,9,11);2H,1H2,(H,4,5). The molecular weight excluding hydrogens is 212 g/mol. The van der Waals surface area contributed by atoms with E-state index in [0.717, 1.165) is 6.08 Å². The minimum absolute atomic E-state index is 0.478. The lowest BCUT2D eigenvalue weighted by Crippen LogP contribution is -2.05. The van der Waals surface area contributed by atoms with E-state index >= 15 is 0 Å². The van der Waals surface area contributed by atoms with Crippen LogP contribution in [0.1, 0.15) is 6.42 Å². The van der Waals surface area contributed by atoms with Crippen molar-refractivity contribution in [2.24, 2.45) is 11.5 Å². The largest absolute Gasteiger partial charge is 0.478 e. The maximum atomic E-state index is 10.1. The third kappa shape index (κ3) is 22.6. The van der Waals surface area contributed by atoms with Gasteiger partial charge in [0.25, 0.3) is 0 Å². The summed E-state index contributed by atoms with van der Waals surface area (Å²) in [5.74, 6) is -1.99. The number of carboxylic acid groups (broad SMARTS) is 1. The van der Waals surface area contributed by atoms with Crippen LogP contribution in [0.5, 0.6) is 0 Å². The molecule has 0 saturated carbocycles. The first-order chi connectivity index (χ1) is 7.40. The first-order valence-electron chi connectivity index (χ1n) is 4.17. The number of carbonyl (C=O) groups excluding carboxylic acids is 2. The minimum Gasteiger partial charge on any atom is -0.478 e. The number of hydrogen-bond donors (Lipinski definition) is 3. The number of nitrogens with two attached hydrogens (primary N) is 2. The van der Waals surface area contributed by atoms with E-state index in [-0.39, 0.29) is 0 Å². The lowest BCUT2D eigenvalue weighted by atomic mass is 10.3. The van der Waals surface area contributed by atoms with Crippen molar-refractivity contribution in [1.82, 2.24) is 0 Å². The van der Waals surface area contributed by atoms with Crippen molar-refractivity contribution in [3.05, 3.63) is 37.0 Å². The van der Waals surface area contributed by atoms with Gasteiger partial charge in [0.1, 0.15) is 0 Å². The average molecular weight is 226 g/mol. The van der Waals surface area contributed by atoms with Gasteiger partial charge in [-0.1, -0.05) is 18.7 Å². The van der Waals surface area contributed by atoms with Crippen LogP contribution in [0.15, 0.2) is 37.0 Å². The summed E-state index contributed by atoms with van der Waals surface area (Å²) in [6.45, 7) is 2.96. The molecule has 2 amide bonds. The van der Waals surface area contributed by atoms with E-state index in [0.29, 0.717) is 6.42 Å². The van der Waals surface area contributed by atoms with E-state index in [1.807, 2.05) is 0 Å². The normalized spacial score (nSPS) is 9.50. The van der Waals surface area contributed by atoms with Crippen molar-refractivity contribution in [3.63, 3.8) is 0 Å². The van der Waals surface area contributed by atoms with Gasteiger partial charge >= 0.3 is 5.97 Å². The molecule has 0 aromatic heterocycles. The highest BCUT2D eigenvalue weighted by Crippen LogP contribution is 1.84. The van der Waals surface area contributed by atoms with Gasteiger partial charge in [0.05, 0.1) is 0 Å². The molecule has 0 unspecified atom stereocenters. The number of primary amides is 2. The molecule has 88 valence electrons. The molecule has 0 aliphatic carbocycles. The SMILES string of the molecule is C=CC(=O)O.NC(=O)C=CCC=CC(N)=O. The molecule has 0 spiro atoms. The summed E-state index contributed by atoms with van der Waals surface area (Å²) >= 11 is 0. The molecule has 5 N–H and O–H groups in total. The number of rotatable bonds is 5. The van der Waals surface area contributed by atoms with Crippen LogP contribution >= 0.6 is 0 Å². The van der Waals surface area contributed by atoms with E-state index in [9.17, 15) is 14.4 Å². The quantitative estimate of drug-likeness (QED) is 0.557. The average Bonchev–Trinajstić information content (AvgIpc) is 2.17.